The van der Waals surface area contributed by atoms with E-state index in [1.54, 1.807) is 71.9 Å². The molecule has 1 aromatic heterocycles. The number of nitrogens with two attached hydrogens (primary N) is 1. The summed E-state index contributed by atoms with van der Waals surface area (Å²) < 4.78 is 14.0. The number of nitrogens with zero attached hydrogens (tertiary/aromatic N) is 3. The Morgan fingerprint density at radius 1 is 1.12 bits per heavy atom. The number of anilines is 1. The van der Waals surface area contributed by atoms with Crippen LogP contribution in [0.15, 0.2) is 73.1 Å². The van der Waals surface area contributed by atoms with Gasteiger partial charge in [0, 0.05) is 40.1 Å². The van der Waals surface area contributed by atoms with E-state index in [0.717, 1.165) is 0 Å². The molecule has 2 N–H and O–H groups in total. The van der Waals surface area contributed by atoms with E-state index >= 15 is 0 Å². The van der Waals surface area contributed by atoms with Gasteiger partial charge in [0.2, 0.25) is 5.91 Å². The number of fused-ring (bicyclic) bond motifs is 3. The number of halogens is 2. The molecule has 0 aliphatic carbocycles. The molecular weight excluding hydrogens is 455 g/mol. The van der Waals surface area contributed by atoms with E-state index in [9.17, 15) is 19.2 Å². The van der Waals surface area contributed by atoms with Gasteiger partial charge in [-0.2, -0.15) is 5.26 Å². The largest absolute Gasteiger partial charge is 0.368 e. The molecular formula is C26H18ClFN4O2. The summed E-state index contributed by atoms with van der Waals surface area (Å²) in [7, 11) is 0. The summed E-state index contributed by atoms with van der Waals surface area (Å²) in [6.07, 6.45) is 6.39. The third kappa shape index (κ3) is 3.11. The highest BCUT2D eigenvalue weighted by molar-refractivity contribution is 6.30. The highest BCUT2D eigenvalue weighted by Crippen LogP contribution is 2.55. The molecule has 1 fully saturated rings. The molecule has 8 heteroatoms. The fourth-order valence-corrected chi connectivity index (χ4v) is 5.31. The quantitative estimate of drug-likeness (QED) is 0.576. The second kappa shape index (κ2) is 8.08. The number of rotatable bonds is 4. The monoisotopic (exact) mass is 472 g/mol. The van der Waals surface area contributed by atoms with Crippen molar-refractivity contribution in [3.05, 3.63) is 101 Å². The zero-order chi connectivity index (χ0) is 24.0. The summed E-state index contributed by atoms with van der Waals surface area (Å²) in [5, 5.41) is 10.9. The Kier molecular flexibility index (Phi) is 5.18. The van der Waals surface area contributed by atoms with Gasteiger partial charge in [0.1, 0.15) is 11.9 Å². The number of primary amides is 1. The van der Waals surface area contributed by atoms with Gasteiger partial charge in [0.15, 0.2) is 11.2 Å². The van der Waals surface area contributed by atoms with Crippen LogP contribution in [0, 0.1) is 22.6 Å². The molecule has 1 saturated heterocycles. The van der Waals surface area contributed by atoms with Crippen LogP contribution in [0.25, 0.3) is 6.08 Å². The van der Waals surface area contributed by atoms with Gasteiger partial charge in [-0.3, -0.25) is 14.6 Å². The number of pyridine rings is 1. The lowest BCUT2D eigenvalue weighted by Gasteiger charge is -2.36. The molecule has 0 spiro atoms. The van der Waals surface area contributed by atoms with Crippen LogP contribution < -0.4 is 10.6 Å². The minimum atomic E-state index is -1.77. The van der Waals surface area contributed by atoms with E-state index in [2.05, 4.69) is 11.1 Å². The number of carbonyl (C=O) groups excluding carboxylic acids is 2. The smallest absolute Gasteiger partial charge is 0.241 e. The van der Waals surface area contributed by atoms with Crippen LogP contribution in [0.5, 0.6) is 0 Å². The van der Waals surface area contributed by atoms with Gasteiger partial charge >= 0.3 is 0 Å². The lowest BCUT2D eigenvalue weighted by atomic mass is 9.67. The first-order valence-electron chi connectivity index (χ1n) is 10.6. The molecule has 0 radical (unpaired) electrons. The maximum absolute atomic E-state index is 14.0. The van der Waals surface area contributed by atoms with Crippen LogP contribution in [0.2, 0.25) is 5.02 Å². The summed E-state index contributed by atoms with van der Waals surface area (Å²) in [5.41, 5.74) is 6.17. The second-order valence-corrected chi connectivity index (χ2v) is 8.77. The fourth-order valence-electron chi connectivity index (χ4n) is 5.19. The molecule has 5 rings (SSSR count). The summed E-state index contributed by atoms with van der Waals surface area (Å²) in [4.78, 5) is 32.9. The zero-order valence-electron chi connectivity index (χ0n) is 17.7. The van der Waals surface area contributed by atoms with Crippen LogP contribution in [0.3, 0.4) is 0 Å². The van der Waals surface area contributed by atoms with Crippen LogP contribution in [-0.2, 0) is 4.79 Å². The van der Waals surface area contributed by atoms with Crippen LogP contribution in [0.4, 0.5) is 10.1 Å². The van der Waals surface area contributed by atoms with Crippen LogP contribution in [0.1, 0.15) is 27.4 Å². The van der Waals surface area contributed by atoms with Gasteiger partial charge in [-0.15, -0.1) is 0 Å². The van der Waals surface area contributed by atoms with E-state index in [1.807, 2.05) is 0 Å². The van der Waals surface area contributed by atoms with Crippen molar-refractivity contribution in [1.82, 2.24) is 4.98 Å². The van der Waals surface area contributed by atoms with Gasteiger partial charge in [-0.05, 0) is 60.2 Å². The Morgan fingerprint density at radius 3 is 2.47 bits per heavy atom. The van der Waals surface area contributed by atoms with Gasteiger partial charge in [0.25, 0.3) is 0 Å². The Labute approximate surface area is 200 Å². The number of benzene rings is 2. The van der Waals surface area contributed by atoms with Gasteiger partial charge in [-0.1, -0.05) is 23.8 Å². The summed E-state index contributed by atoms with van der Waals surface area (Å²) in [6.45, 7) is 0. The molecule has 6 nitrogen and oxygen atoms in total. The maximum Gasteiger partial charge on any atom is 0.241 e. The van der Waals surface area contributed by atoms with Crippen molar-refractivity contribution in [1.29, 1.82) is 5.26 Å². The lowest BCUT2D eigenvalue weighted by molar-refractivity contribution is -0.125. The number of carbonyl (C=O) groups is 2. The number of hydrogen-bond acceptors (Lipinski definition) is 5. The second-order valence-electron chi connectivity index (χ2n) is 8.33. The lowest BCUT2D eigenvalue weighted by Crippen LogP contribution is -2.49. The van der Waals surface area contributed by atoms with Crippen molar-refractivity contribution >= 4 is 35.1 Å². The molecule has 2 aliphatic rings. The first kappa shape index (κ1) is 21.8. The minimum absolute atomic E-state index is 0.313. The van der Waals surface area contributed by atoms with Crippen molar-refractivity contribution in [3.8, 4) is 6.07 Å². The Morgan fingerprint density at radius 2 is 1.82 bits per heavy atom. The first-order valence-corrected chi connectivity index (χ1v) is 10.9. The molecule has 168 valence electrons. The van der Waals surface area contributed by atoms with Crippen LogP contribution in [-0.4, -0.2) is 28.8 Å². The van der Waals surface area contributed by atoms with Crippen molar-refractivity contribution < 1.29 is 14.0 Å². The highest BCUT2D eigenvalue weighted by atomic mass is 35.5. The number of nitriles is 1. The normalized spacial score (nSPS) is 24.7. The molecule has 2 aromatic carbocycles. The van der Waals surface area contributed by atoms with E-state index in [-0.39, 0.29) is 5.78 Å². The third-order valence-electron chi connectivity index (χ3n) is 6.65. The molecule has 1 amide bonds. The fraction of sp³-hybridized carbons (Fsp3) is 0.154. The predicted octanol–water partition coefficient (Wildman–Crippen LogP) is 4.12. The van der Waals surface area contributed by atoms with Crippen LogP contribution >= 0.6 is 11.6 Å². The molecule has 0 unspecified atom stereocenters. The van der Waals surface area contributed by atoms with E-state index in [0.29, 0.717) is 27.4 Å². The molecule has 34 heavy (non-hydrogen) atoms. The Balaban J connectivity index is 1.80. The Hall–Kier alpha value is -4.02. The number of aromatic nitrogens is 1. The van der Waals surface area contributed by atoms with Gasteiger partial charge < -0.3 is 10.6 Å². The summed E-state index contributed by atoms with van der Waals surface area (Å²) in [5.74, 6) is -2.50. The van der Waals surface area contributed by atoms with Crippen molar-refractivity contribution in [2.24, 2.45) is 11.1 Å². The standard InChI is InChI=1S/C26H18ClFN4O2/c27-18-4-1-16(2-5-18)24(33)23-22(15-9-11-31-12-10-15)26(14-29,25(30)34)21-8-3-17-13-19(28)6-7-20(17)32(21)23/h1-13,21-23H,(H2,30,34)/t21-,22-,23+,26-/m1/s1. The van der Waals surface area contributed by atoms with E-state index in [1.165, 1.54) is 12.1 Å². The maximum atomic E-state index is 14.0. The zero-order valence-corrected chi connectivity index (χ0v) is 18.5. The molecule has 4 atom stereocenters. The van der Waals surface area contributed by atoms with Crippen molar-refractivity contribution in [2.75, 3.05) is 4.90 Å². The first-order chi connectivity index (χ1) is 16.4. The average Bonchev–Trinajstić information content (AvgIpc) is 3.16. The number of hydrogen-bond donors (Lipinski definition) is 1. The molecule has 3 heterocycles. The molecule has 0 saturated carbocycles. The van der Waals surface area contributed by atoms with Crippen molar-refractivity contribution in [3.63, 3.8) is 0 Å². The van der Waals surface area contributed by atoms with Gasteiger partial charge in [0.05, 0.1) is 12.1 Å². The highest BCUT2D eigenvalue weighted by Gasteiger charge is 2.65. The summed E-state index contributed by atoms with van der Waals surface area (Å²) in [6, 6.07) is 14.3. The predicted molar refractivity (Wildman–Crippen MR) is 125 cm³/mol. The molecule has 3 aromatic rings. The number of Topliss-reactive ketones (excluding diaryl/α,β-unsaturated/α-hetero) is 1. The molecule has 2 aliphatic heterocycles. The molecule has 0 bridgehead atoms. The Bertz CT molecular complexity index is 1370. The SMILES string of the molecule is N#C[C@]1(C(N)=O)[C@H](c2ccncc2)[C@@H](C(=O)c2ccc(Cl)cc2)N2c3ccc(F)cc3C=C[C@@H]21. The van der Waals surface area contributed by atoms with E-state index < -0.39 is 35.1 Å². The number of ketones is 1. The minimum Gasteiger partial charge on any atom is -0.368 e. The van der Waals surface area contributed by atoms with Gasteiger partial charge in [-0.25, -0.2) is 4.39 Å². The summed E-state index contributed by atoms with van der Waals surface area (Å²) >= 11 is 6.02. The number of amides is 1. The third-order valence-corrected chi connectivity index (χ3v) is 6.91. The average molecular weight is 473 g/mol. The topological polar surface area (TPSA) is 100 Å². The van der Waals surface area contributed by atoms with E-state index in [4.69, 9.17) is 17.3 Å². The van der Waals surface area contributed by atoms with Crippen molar-refractivity contribution in [2.45, 2.75) is 18.0 Å².